The van der Waals surface area contributed by atoms with Crippen LogP contribution in [0, 0.1) is 22.7 Å². The Morgan fingerprint density at radius 3 is 2.37 bits per heavy atom. The number of ether oxygens (including phenoxy) is 1. The predicted molar refractivity (Wildman–Crippen MR) is 116 cm³/mol. The number of carbonyl (C=O) groups is 2. The Kier molecular flexibility index (Phi) is 6.34. The number of amidine groups is 1. The summed E-state index contributed by atoms with van der Waals surface area (Å²) in [5.41, 5.74) is 6.97. The van der Waals surface area contributed by atoms with Crippen molar-refractivity contribution in [3.8, 4) is 17.0 Å². The lowest BCUT2D eigenvalue weighted by Crippen LogP contribution is -2.41. The highest BCUT2D eigenvalue weighted by Crippen LogP contribution is 2.32. The Labute approximate surface area is 177 Å². The molecule has 0 amide bonds. The van der Waals surface area contributed by atoms with Crippen LogP contribution in [0.1, 0.15) is 45.6 Å². The Hall–Kier alpha value is -3.02. The molecule has 0 aliphatic heterocycles. The van der Waals surface area contributed by atoms with Gasteiger partial charge in [-0.1, -0.05) is 6.42 Å². The number of nitrogens with two attached hydrogens (primary N) is 1. The number of hydrogen-bond donors (Lipinski definition) is 2. The lowest BCUT2D eigenvalue weighted by Gasteiger charge is -2.30. The molecule has 6 heteroatoms. The zero-order valence-corrected chi connectivity index (χ0v) is 17.8. The minimum absolute atomic E-state index is 0.0151. The summed E-state index contributed by atoms with van der Waals surface area (Å²) >= 11 is 0. The number of pyridine rings is 1. The largest absolute Gasteiger partial charge is 0.493 e. The van der Waals surface area contributed by atoms with Crippen LogP contribution in [0.25, 0.3) is 11.3 Å². The molecule has 1 aromatic heterocycles. The number of aromatic nitrogens is 1. The van der Waals surface area contributed by atoms with Crippen molar-refractivity contribution in [2.75, 3.05) is 6.61 Å². The molecule has 3 rings (SSSR count). The highest BCUT2D eigenvalue weighted by Gasteiger charge is 2.39. The van der Waals surface area contributed by atoms with Crippen LogP contribution in [0.2, 0.25) is 0 Å². The number of rotatable bonds is 9. The third-order valence-electron chi connectivity index (χ3n) is 5.82. The second kappa shape index (κ2) is 8.78. The van der Waals surface area contributed by atoms with Gasteiger partial charge in [-0.2, -0.15) is 0 Å². The van der Waals surface area contributed by atoms with Crippen molar-refractivity contribution in [3.63, 3.8) is 0 Å². The number of Topliss-reactive ketones (excluding diaryl/α,β-unsaturated/α-hetero) is 2. The molecule has 1 saturated carbocycles. The first-order chi connectivity index (χ1) is 14.2. The molecular formula is C24H29N3O3. The van der Waals surface area contributed by atoms with Gasteiger partial charge < -0.3 is 10.5 Å². The fraction of sp³-hybridized carbons (Fsp3) is 0.417. The first-order valence-electron chi connectivity index (χ1n) is 10.3. The number of benzene rings is 1. The van der Waals surface area contributed by atoms with Gasteiger partial charge in [0.15, 0.2) is 5.78 Å². The number of carbonyl (C=O) groups excluding carboxylic acids is 2. The highest BCUT2D eigenvalue weighted by atomic mass is 16.5. The van der Waals surface area contributed by atoms with Gasteiger partial charge >= 0.3 is 0 Å². The predicted octanol–water partition coefficient (Wildman–Crippen LogP) is 4.01. The van der Waals surface area contributed by atoms with E-state index in [2.05, 4.69) is 4.98 Å². The molecule has 0 radical (unpaired) electrons. The van der Waals surface area contributed by atoms with E-state index in [0.717, 1.165) is 30.5 Å². The Morgan fingerprint density at radius 2 is 1.87 bits per heavy atom. The van der Waals surface area contributed by atoms with Crippen molar-refractivity contribution in [1.82, 2.24) is 4.98 Å². The summed E-state index contributed by atoms with van der Waals surface area (Å²) < 4.78 is 5.87. The van der Waals surface area contributed by atoms with E-state index in [0.29, 0.717) is 11.3 Å². The van der Waals surface area contributed by atoms with Gasteiger partial charge in [-0.15, -0.1) is 0 Å². The van der Waals surface area contributed by atoms with Crippen LogP contribution in [-0.4, -0.2) is 29.0 Å². The van der Waals surface area contributed by atoms with E-state index < -0.39 is 11.3 Å². The van der Waals surface area contributed by atoms with E-state index in [1.54, 1.807) is 19.2 Å². The van der Waals surface area contributed by atoms with Crippen LogP contribution in [-0.2, 0) is 9.59 Å². The van der Waals surface area contributed by atoms with Gasteiger partial charge in [0, 0.05) is 23.2 Å². The zero-order valence-electron chi connectivity index (χ0n) is 17.8. The first kappa shape index (κ1) is 21.7. The van der Waals surface area contributed by atoms with Gasteiger partial charge in [0.1, 0.15) is 24.0 Å². The molecule has 0 bridgehead atoms. The van der Waals surface area contributed by atoms with E-state index in [-0.39, 0.29) is 29.9 Å². The molecule has 0 saturated heterocycles. The average molecular weight is 408 g/mol. The summed E-state index contributed by atoms with van der Waals surface area (Å²) in [5, 5.41) is 7.43. The normalized spacial score (nSPS) is 15.2. The SMILES string of the molecule is CC(C(=O)C1CCC1)C(=O)C(C)(C)COc1ccc(-c2ccc(C(=N)N)cn2)cc1. The highest BCUT2D eigenvalue weighted by molar-refractivity contribution is 6.05. The number of nitrogens with one attached hydrogen (secondary N) is 1. The molecule has 0 spiro atoms. The average Bonchev–Trinajstić information content (AvgIpc) is 2.70. The second-order valence-corrected chi connectivity index (χ2v) is 8.66. The van der Waals surface area contributed by atoms with Crippen molar-refractivity contribution in [2.45, 2.75) is 40.0 Å². The fourth-order valence-corrected chi connectivity index (χ4v) is 3.54. The van der Waals surface area contributed by atoms with E-state index in [9.17, 15) is 9.59 Å². The Morgan fingerprint density at radius 1 is 1.20 bits per heavy atom. The Balaban J connectivity index is 1.60. The minimum atomic E-state index is -0.748. The standard InChI is InChI=1S/C24H29N3O3/c1-15(21(28)17-5-4-6-17)22(29)24(2,3)14-30-19-10-7-16(8-11-19)20-12-9-18(13-27-20)23(25)26/h7-13,15,17H,4-6,14H2,1-3H3,(H3,25,26). The van der Waals surface area contributed by atoms with Crippen LogP contribution < -0.4 is 10.5 Å². The van der Waals surface area contributed by atoms with Gasteiger partial charge in [-0.25, -0.2) is 0 Å². The van der Waals surface area contributed by atoms with Crippen molar-refractivity contribution < 1.29 is 14.3 Å². The van der Waals surface area contributed by atoms with Crippen molar-refractivity contribution >= 4 is 17.4 Å². The topological polar surface area (TPSA) is 106 Å². The quantitative estimate of drug-likeness (QED) is 0.371. The maximum Gasteiger partial charge on any atom is 0.152 e. The molecule has 1 atom stereocenters. The molecule has 30 heavy (non-hydrogen) atoms. The molecule has 6 nitrogen and oxygen atoms in total. The molecular weight excluding hydrogens is 378 g/mol. The number of nitrogens with zero attached hydrogens (tertiary/aromatic N) is 1. The summed E-state index contributed by atoms with van der Waals surface area (Å²) in [7, 11) is 0. The number of ketones is 2. The summed E-state index contributed by atoms with van der Waals surface area (Å²) in [6.45, 7) is 5.59. The smallest absolute Gasteiger partial charge is 0.152 e. The van der Waals surface area contributed by atoms with E-state index in [1.165, 1.54) is 0 Å². The maximum absolute atomic E-state index is 12.9. The number of hydrogen-bond acceptors (Lipinski definition) is 5. The van der Waals surface area contributed by atoms with Crippen LogP contribution >= 0.6 is 0 Å². The van der Waals surface area contributed by atoms with Crippen LogP contribution in [0.4, 0.5) is 0 Å². The summed E-state index contributed by atoms with van der Waals surface area (Å²) in [6, 6.07) is 11.0. The van der Waals surface area contributed by atoms with E-state index in [4.69, 9.17) is 15.9 Å². The maximum atomic E-state index is 12.9. The molecule has 1 aliphatic carbocycles. The molecule has 1 unspecified atom stereocenters. The summed E-state index contributed by atoms with van der Waals surface area (Å²) in [5.74, 6) is 0.126. The lowest BCUT2D eigenvalue weighted by molar-refractivity contribution is -0.141. The molecule has 2 aromatic rings. The molecule has 1 heterocycles. The lowest BCUT2D eigenvalue weighted by atomic mass is 9.73. The van der Waals surface area contributed by atoms with E-state index in [1.807, 2.05) is 44.2 Å². The molecule has 1 fully saturated rings. The zero-order chi connectivity index (χ0) is 21.9. The summed E-state index contributed by atoms with van der Waals surface area (Å²) in [4.78, 5) is 29.6. The van der Waals surface area contributed by atoms with Gasteiger partial charge in [-0.3, -0.25) is 20.0 Å². The third-order valence-corrected chi connectivity index (χ3v) is 5.82. The Bertz CT molecular complexity index is 929. The molecule has 1 aliphatic rings. The first-order valence-corrected chi connectivity index (χ1v) is 10.3. The monoisotopic (exact) mass is 407 g/mol. The molecule has 3 N–H and O–H groups in total. The third kappa shape index (κ3) is 4.75. The molecule has 1 aromatic carbocycles. The van der Waals surface area contributed by atoms with Gasteiger partial charge in [0.25, 0.3) is 0 Å². The van der Waals surface area contributed by atoms with Crippen LogP contribution in [0.5, 0.6) is 5.75 Å². The van der Waals surface area contributed by atoms with Crippen molar-refractivity contribution in [2.24, 2.45) is 23.0 Å². The van der Waals surface area contributed by atoms with Crippen molar-refractivity contribution in [3.05, 3.63) is 48.2 Å². The van der Waals surface area contributed by atoms with Crippen LogP contribution in [0.15, 0.2) is 42.6 Å². The number of nitrogen functional groups attached to an aromatic ring is 1. The van der Waals surface area contributed by atoms with E-state index >= 15 is 0 Å². The fourth-order valence-electron chi connectivity index (χ4n) is 3.54. The molecule has 158 valence electrons. The van der Waals surface area contributed by atoms with Gasteiger partial charge in [0.05, 0.1) is 17.0 Å². The van der Waals surface area contributed by atoms with Crippen LogP contribution in [0.3, 0.4) is 0 Å². The second-order valence-electron chi connectivity index (χ2n) is 8.66. The van der Waals surface area contributed by atoms with Gasteiger partial charge in [-0.05, 0) is 70.0 Å². The summed E-state index contributed by atoms with van der Waals surface area (Å²) in [6.07, 6.45) is 4.47. The van der Waals surface area contributed by atoms with Gasteiger partial charge in [0.2, 0.25) is 0 Å². The van der Waals surface area contributed by atoms with Crippen molar-refractivity contribution in [1.29, 1.82) is 5.41 Å². The minimum Gasteiger partial charge on any atom is -0.493 e.